The Morgan fingerprint density at radius 1 is 1.00 bits per heavy atom. The molecule has 0 N–H and O–H groups in total. The van der Waals surface area contributed by atoms with Crippen LogP contribution < -0.4 is 0 Å². The fraction of sp³-hybridized carbons (Fsp3) is 0.625. The predicted molar refractivity (Wildman–Crippen MR) is 82.9 cm³/mol. The molecule has 0 unspecified atom stereocenters. The molecular formula is C16H27FOSi. The molecule has 1 nitrogen and oxygen atoms in total. The van der Waals surface area contributed by atoms with Crippen LogP contribution in [0, 0.1) is 5.82 Å². The van der Waals surface area contributed by atoms with Crippen molar-refractivity contribution in [3.8, 4) is 0 Å². The van der Waals surface area contributed by atoms with E-state index in [9.17, 15) is 4.39 Å². The van der Waals surface area contributed by atoms with E-state index in [0.717, 1.165) is 23.3 Å². The zero-order chi connectivity index (χ0) is 14.1. The Kier molecular flexibility index (Phi) is 7.32. The average molecular weight is 282 g/mol. The van der Waals surface area contributed by atoms with Crippen molar-refractivity contribution in [2.45, 2.75) is 64.4 Å². The topological polar surface area (TPSA) is 9.23 Å². The van der Waals surface area contributed by atoms with E-state index in [1.165, 1.54) is 37.7 Å². The van der Waals surface area contributed by atoms with Crippen molar-refractivity contribution in [2.75, 3.05) is 0 Å². The van der Waals surface area contributed by atoms with Gasteiger partial charge in [-0.15, -0.1) is 0 Å². The van der Waals surface area contributed by atoms with Crippen LogP contribution in [-0.4, -0.2) is 16.1 Å². The molecule has 0 aromatic heterocycles. The molecule has 0 aliphatic rings. The first-order valence-corrected chi connectivity index (χ1v) is 8.15. The van der Waals surface area contributed by atoms with Crippen molar-refractivity contribution in [1.82, 2.24) is 0 Å². The van der Waals surface area contributed by atoms with Gasteiger partial charge in [-0.05, 0) is 50.8 Å². The van der Waals surface area contributed by atoms with E-state index in [1.54, 1.807) is 12.1 Å². The summed E-state index contributed by atoms with van der Waals surface area (Å²) in [6, 6.07) is 6.87. The predicted octanol–water partition coefficient (Wildman–Crippen LogP) is 3.78. The lowest BCUT2D eigenvalue weighted by atomic mass is 9.99. The molecule has 1 aromatic rings. The van der Waals surface area contributed by atoms with Crippen LogP contribution in [0.3, 0.4) is 0 Å². The van der Waals surface area contributed by atoms with Gasteiger partial charge in [-0.3, -0.25) is 0 Å². The standard InChI is InChI=1S/C16H27FOSi/c1-16(2,18-19)13-7-5-3-4-6-8-14-9-11-15(17)12-10-14/h9-12H,3-8,13H2,1-2,19H3. The molecule has 0 aliphatic carbocycles. The Hall–Kier alpha value is -0.673. The van der Waals surface area contributed by atoms with Gasteiger partial charge in [-0.25, -0.2) is 4.39 Å². The number of hydrogen-bond donors (Lipinski definition) is 0. The minimum absolute atomic E-state index is 0.0837. The van der Waals surface area contributed by atoms with Crippen LogP contribution in [0.15, 0.2) is 24.3 Å². The lowest BCUT2D eigenvalue weighted by molar-refractivity contribution is 0.109. The van der Waals surface area contributed by atoms with E-state index in [0.29, 0.717) is 0 Å². The highest BCUT2D eigenvalue weighted by atomic mass is 28.2. The number of benzene rings is 1. The average Bonchev–Trinajstić information content (AvgIpc) is 2.40. The Morgan fingerprint density at radius 3 is 2.21 bits per heavy atom. The zero-order valence-corrected chi connectivity index (χ0v) is 14.5. The fourth-order valence-corrected chi connectivity index (χ4v) is 2.37. The summed E-state index contributed by atoms with van der Waals surface area (Å²) in [7, 11) is 0.826. The third kappa shape index (κ3) is 7.48. The molecule has 0 saturated carbocycles. The lowest BCUT2D eigenvalue weighted by Gasteiger charge is -2.23. The van der Waals surface area contributed by atoms with Gasteiger partial charge in [0.2, 0.25) is 0 Å². The minimum atomic E-state index is -0.146. The molecule has 0 spiro atoms. The smallest absolute Gasteiger partial charge is 0.146 e. The number of unbranched alkanes of at least 4 members (excludes halogenated alkanes) is 4. The molecule has 0 saturated heterocycles. The molecule has 1 aromatic carbocycles. The Bertz CT molecular complexity index is 348. The summed E-state index contributed by atoms with van der Waals surface area (Å²) < 4.78 is 18.3. The minimum Gasteiger partial charge on any atom is -0.423 e. The van der Waals surface area contributed by atoms with E-state index >= 15 is 0 Å². The number of hydrogen-bond acceptors (Lipinski definition) is 1. The second-order valence-corrected chi connectivity index (χ2v) is 6.27. The maximum Gasteiger partial charge on any atom is 0.146 e. The molecule has 1 rings (SSSR count). The van der Waals surface area contributed by atoms with Gasteiger partial charge in [-0.2, -0.15) is 0 Å². The van der Waals surface area contributed by atoms with Crippen molar-refractivity contribution in [1.29, 1.82) is 0 Å². The van der Waals surface area contributed by atoms with E-state index in [1.807, 2.05) is 12.1 Å². The van der Waals surface area contributed by atoms with Gasteiger partial charge >= 0.3 is 0 Å². The molecule has 3 heteroatoms. The molecule has 108 valence electrons. The normalized spacial score (nSPS) is 11.9. The summed E-state index contributed by atoms with van der Waals surface area (Å²) in [6.07, 6.45) is 8.53. The van der Waals surface area contributed by atoms with Crippen molar-refractivity contribution in [3.63, 3.8) is 0 Å². The summed E-state index contributed by atoms with van der Waals surface area (Å²) in [5.41, 5.74) is 1.33. The molecule has 0 heterocycles. The van der Waals surface area contributed by atoms with Crippen LogP contribution in [0.25, 0.3) is 0 Å². The Labute approximate surface area is 120 Å². The highest BCUT2D eigenvalue weighted by Gasteiger charge is 2.13. The highest BCUT2D eigenvalue weighted by Crippen LogP contribution is 2.18. The summed E-state index contributed by atoms with van der Waals surface area (Å²) >= 11 is 0. The Balaban J connectivity index is 2.01. The fourth-order valence-electron chi connectivity index (χ4n) is 2.16. The molecular weight excluding hydrogens is 255 g/mol. The van der Waals surface area contributed by atoms with Crippen LogP contribution in [-0.2, 0) is 10.8 Å². The molecule has 0 fully saturated rings. The van der Waals surface area contributed by atoms with Gasteiger partial charge in [0, 0.05) is 5.60 Å². The number of aryl methyl sites for hydroxylation is 1. The van der Waals surface area contributed by atoms with Crippen LogP contribution in [0.4, 0.5) is 4.39 Å². The van der Waals surface area contributed by atoms with Gasteiger partial charge in [-0.1, -0.05) is 37.8 Å². The van der Waals surface area contributed by atoms with E-state index < -0.39 is 0 Å². The second kappa shape index (κ2) is 8.49. The van der Waals surface area contributed by atoms with E-state index in [2.05, 4.69) is 13.8 Å². The van der Waals surface area contributed by atoms with Gasteiger partial charge in [0.1, 0.15) is 16.3 Å². The molecule has 0 bridgehead atoms. The van der Waals surface area contributed by atoms with Crippen molar-refractivity contribution in [2.24, 2.45) is 0 Å². The summed E-state index contributed by atoms with van der Waals surface area (Å²) in [5, 5.41) is 0. The SMILES string of the molecule is CC(C)(CCCCCCCc1ccc(F)cc1)O[SiH3]. The largest absolute Gasteiger partial charge is 0.423 e. The van der Waals surface area contributed by atoms with Gasteiger partial charge in [0.15, 0.2) is 0 Å². The molecule has 0 atom stereocenters. The van der Waals surface area contributed by atoms with Crippen LogP contribution >= 0.6 is 0 Å². The first-order valence-electron chi connectivity index (χ1n) is 7.33. The molecule has 0 radical (unpaired) electrons. The van der Waals surface area contributed by atoms with Crippen LogP contribution in [0.5, 0.6) is 0 Å². The Morgan fingerprint density at radius 2 is 1.58 bits per heavy atom. The third-order valence-electron chi connectivity index (χ3n) is 3.71. The summed E-state index contributed by atoms with van der Waals surface area (Å²) in [5.74, 6) is -0.146. The van der Waals surface area contributed by atoms with Crippen molar-refractivity contribution >= 4 is 10.5 Å². The quantitative estimate of drug-likeness (QED) is 0.495. The summed E-state index contributed by atoms with van der Waals surface area (Å²) in [6.45, 7) is 4.35. The van der Waals surface area contributed by atoms with Crippen LogP contribution in [0.1, 0.15) is 57.9 Å². The number of rotatable bonds is 9. The second-order valence-electron chi connectivity index (χ2n) is 5.86. The maximum atomic E-state index is 12.7. The molecule has 19 heavy (non-hydrogen) atoms. The van der Waals surface area contributed by atoms with Gasteiger partial charge in [0.05, 0.1) is 0 Å². The first kappa shape index (κ1) is 16.4. The maximum absolute atomic E-state index is 12.7. The first-order chi connectivity index (χ1) is 9.03. The highest BCUT2D eigenvalue weighted by molar-refractivity contribution is 5.98. The third-order valence-corrected chi connectivity index (χ3v) is 4.82. The van der Waals surface area contributed by atoms with Gasteiger partial charge < -0.3 is 4.43 Å². The van der Waals surface area contributed by atoms with Gasteiger partial charge in [0.25, 0.3) is 0 Å². The van der Waals surface area contributed by atoms with Crippen molar-refractivity contribution in [3.05, 3.63) is 35.6 Å². The van der Waals surface area contributed by atoms with E-state index in [4.69, 9.17) is 4.43 Å². The zero-order valence-electron chi connectivity index (χ0n) is 12.5. The number of halogens is 1. The van der Waals surface area contributed by atoms with E-state index in [-0.39, 0.29) is 11.4 Å². The lowest BCUT2D eigenvalue weighted by Crippen LogP contribution is -2.22. The monoisotopic (exact) mass is 282 g/mol. The molecule has 0 aliphatic heterocycles. The van der Waals surface area contributed by atoms with Crippen molar-refractivity contribution < 1.29 is 8.82 Å². The molecule has 0 amide bonds. The summed E-state index contributed by atoms with van der Waals surface area (Å²) in [4.78, 5) is 0. The van der Waals surface area contributed by atoms with Crippen LogP contribution in [0.2, 0.25) is 0 Å².